The summed E-state index contributed by atoms with van der Waals surface area (Å²) >= 11 is 0. The van der Waals surface area contributed by atoms with E-state index >= 15 is 0 Å². The molecule has 1 aliphatic heterocycles. The highest BCUT2D eigenvalue weighted by molar-refractivity contribution is 4.93. The van der Waals surface area contributed by atoms with Gasteiger partial charge in [0.1, 0.15) is 0 Å². The second-order valence-corrected chi connectivity index (χ2v) is 6.17. The molecule has 0 amide bonds. The van der Waals surface area contributed by atoms with Crippen molar-refractivity contribution in [3.8, 4) is 0 Å². The van der Waals surface area contributed by atoms with Crippen LogP contribution < -0.4 is 5.32 Å². The number of nitrogens with one attached hydrogen (secondary N) is 1. The molecule has 0 aromatic rings. The van der Waals surface area contributed by atoms with Crippen LogP contribution in [0.4, 0.5) is 0 Å². The molecule has 0 saturated carbocycles. The zero-order valence-electron chi connectivity index (χ0n) is 12.5. The average molecular weight is 254 g/mol. The topological polar surface area (TPSA) is 35.5 Å². The fraction of sp³-hybridized carbons (Fsp3) is 0.867. The molecule has 0 aromatic carbocycles. The van der Waals surface area contributed by atoms with Crippen molar-refractivity contribution in [1.82, 2.24) is 10.2 Å². The van der Waals surface area contributed by atoms with E-state index in [1.54, 1.807) is 0 Å². The zero-order valence-corrected chi connectivity index (χ0v) is 12.5. The summed E-state index contributed by atoms with van der Waals surface area (Å²) in [4.78, 5) is 2.28. The van der Waals surface area contributed by atoms with E-state index in [1.807, 2.05) is 0 Å². The Morgan fingerprint density at radius 1 is 1.39 bits per heavy atom. The third-order valence-electron chi connectivity index (χ3n) is 3.85. The van der Waals surface area contributed by atoms with Crippen molar-refractivity contribution in [1.29, 1.82) is 0 Å². The molecular weight excluding hydrogens is 224 g/mol. The third kappa shape index (κ3) is 5.98. The maximum absolute atomic E-state index is 10.5. The number of hydrogen-bond donors (Lipinski definition) is 2. The van der Waals surface area contributed by atoms with Gasteiger partial charge in [0.25, 0.3) is 0 Å². The van der Waals surface area contributed by atoms with Crippen molar-refractivity contribution < 1.29 is 5.11 Å². The van der Waals surface area contributed by atoms with E-state index in [0.717, 1.165) is 45.3 Å². The lowest BCUT2D eigenvalue weighted by Gasteiger charge is -2.37. The number of aliphatic hydroxyl groups is 1. The number of rotatable bonds is 6. The molecule has 0 aromatic heterocycles. The monoisotopic (exact) mass is 254 g/mol. The number of hydrogen-bond acceptors (Lipinski definition) is 3. The Bertz CT molecular complexity index is 264. The smallest absolute Gasteiger partial charge is 0.0796 e. The van der Waals surface area contributed by atoms with Gasteiger partial charge in [0, 0.05) is 25.7 Å². The van der Waals surface area contributed by atoms with E-state index in [2.05, 4.69) is 44.1 Å². The molecule has 1 saturated heterocycles. The average Bonchev–Trinajstić information content (AvgIpc) is 2.31. The molecule has 3 nitrogen and oxygen atoms in total. The highest BCUT2D eigenvalue weighted by atomic mass is 16.3. The number of likely N-dealkylation sites (tertiary alicyclic amines) is 1. The largest absolute Gasteiger partial charge is 0.388 e. The van der Waals surface area contributed by atoms with Crippen molar-refractivity contribution in [2.45, 2.75) is 58.1 Å². The van der Waals surface area contributed by atoms with Gasteiger partial charge in [-0.05, 0) is 53.5 Å². The summed E-state index contributed by atoms with van der Waals surface area (Å²) in [6, 6.07) is 0.476. The summed E-state index contributed by atoms with van der Waals surface area (Å²) in [5.74, 6) is 0. The molecule has 2 N–H and O–H groups in total. The van der Waals surface area contributed by atoms with Crippen LogP contribution in [0.5, 0.6) is 0 Å². The standard InChI is InChI=1S/C15H30N2O/c1-13(2)6-5-7-14(3)16-12-15(18)8-10-17(4)11-9-15/h6,14,16,18H,5,7-12H2,1-4H3. The fourth-order valence-electron chi connectivity index (χ4n) is 2.30. The Hall–Kier alpha value is -0.380. The van der Waals surface area contributed by atoms with Crippen molar-refractivity contribution in [2.24, 2.45) is 0 Å². The van der Waals surface area contributed by atoms with Crippen LogP contribution in [0.25, 0.3) is 0 Å². The van der Waals surface area contributed by atoms with E-state index in [9.17, 15) is 5.11 Å². The van der Waals surface area contributed by atoms with E-state index in [1.165, 1.54) is 5.57 Å². The van der Waals surface area contributed by atoms with E-state index in [-0.39, 0.29) is 0 Å². The minimum absolute atomic E-state index is 0.476. The first-order chi connectivity index (χ1) is 8.41. The predicted molar refractivity (Wildman–Crippen MR) is 77.8 cm³/mol. The Morgan fingerprint density at radius 2 is 2.00 bits per heavy atom. The first-order valence-corrected chi connectivity index (χ1v) is 7.19. The fourth-order valence-corrected chi connectivity index (χ4v) is 2.30. The Balaban J connectivity index is 2.21. The van der Waals surface area contributed by atoms with Crippen LogP contribution in [0.15, 0.2) is 11.6 Å². The summed E-state index contributed by atoms with van der Waals surface area (Å²) in [5, 5.41) is 13.9. The van der Waals surface area contributed by atoms with E-state index in [4.69, 9.17) is 0 Å². The van der Waals surface area contributed by atoms with Crippen LogP contribution in [0.3, 0.4) is 0 Å². The van der Waals surface area contributed by atoms with Gasteiger partial charge in [0.15, 0.2) is 0 Å². The van der Waals surface area contributed by atoms with Crippen LogP contribution in [0.2, 0.25) is 0 Å². The minimum Gasteiger partial charge on any atom is -0.388 e. The lowest BCUT2D eigenvalue weighted by atomic mass is 9.91. The maximum atomic E-state index is 10.5. The molecule has 1 atom stereocenters. The number of piperidine rings is 1. The van der Waals surface area contributed by atoms with Crippen molar-refractivity contribution in [3.63, 3.8) is 0 Å². The molecule has 0 aliphatic carbocycles. The molecule has 1 unspecified atom stereocenters. The Morgan fingerprint density at radius 3 is 2.56 bits per heavy atom. The maximum Gasteiger partial charge on any atom is 0.0796 e. The van der Waals surface area contributed by atoms with Gasteiger partial charge >= 0.3 is 0 Å². The summed E-state index contributed by atoms with van der Waals surface area (Å²) in [6.07, 6.45) is 6.32. The normalized spacial score (nSPS) is 21.6. The molecule has 106 valence electrons. The van der Waals surface area contributed by atoms with Crippen LogP contribution in [0.1, 0.15) is 46.5 Å². The predicted octanol–water partition coefficient (Wildman–Crippen LogP) is 2.17. The molecule has 0 radical (unpaired) electrons. The molecule has 0 bridgehead atoms. The molecule has 1 heterocycles. The van der Waals surface area contributed by atoms with Gasteiger partial charge in [-0.3, -0.25) is 0 Å². The van der Waals surface area contributed by atoms with Gasteiger partial charge in [-0.15, -0.1) is 0 Å². The van der Waals surface area contributed by atoms with Crippen molar-refractivity contribution in [3.05, 3.63) is 11.6 Å². The SMILES string of the molecule is CC(C)=CCCC(C)NCC1(O)CCN(C)CC1. The van der Waals surface area contributed by atoms with Gasteiger partial charge < -0.3 is 15.3 Å². The number of allylic oxidation sites excluding steroid dienone is 2. The lowest BCUT2D eigenvalue weighted by Crippen LogP contribution is -2.50. The highest BCUT2D eigenvalue weighted by Crippen LogP contribution is 2.20. The first-order valence-electron chi connectivity index (χ1n) is 7.19. The highest BCUT2D eigenvalue weighted by Gasteiger charge is 2.30. The first kappa shape index (κ1) is 15.7. The van der Waals surface area contributed by atoms with Crippen LogP contribution in [-0.2, 0) is 0 Å². The quantitative estimate of drug-likeness (QED) is 0.713. The molecule has 3 heteroatoms. The second kappa shape index (κ2) is 7.27. The van der Waals surface area contributed by atoms with Gasteiger partial charge in [-0.1, -0.05) is 11.6 Å². The zero-order chi connectivity index (χ0) is 13.6. The molecular formula is C15H30N2O. The molecule has 18 heavy (non-hydrogen) atoms. The van der Waals surface area contributed by atoms with Crippen LogP contribution in [-0.4, -0.2) is 48.3 Å². The van der Waals surface area contributed by atoms with Crippen LogP contribution >= 0.6 is 0 Å². The Kier molecular flexibility index (Phi) is 6.33. The second-order valence-electron chi connectivity index (χ2n) is 6.17. The van der Waals surface area contributed by atoms with Gasteiger partial charge in [-0.2, -0.15) is 0 Å². The van der Waals surface area contributed by atoms with E-state index in [0.29, 0.717) is 6.04 Å². The molecule has 1 aliphatic rings. The summed E-state index contributed by atoms with van der Waals surface area (Å²) < 4.78 is 0. The van der Waals surface area contributed by atoms with Crippen molar-refractivity contribution >= 4 is 0 Å². The molecule has 1 rings (SSSR count). The minimum atomic E-state index is -0.489. The van der Waals surface area contributed by atoms with Gasteiger partial charge in [-0.25, -0.2) is 0 Å². The number of nitrogens with zero attached hydrogens (tertiary/aromatic N) is 1. The third-order valence-corrected chi connectivity index (χ3v) is 3.85. The summed E-state index contributed by atoms with van der Waals surface area (Å²) in [7, 11) is 2.12. The summed E-state index contributed by atoms with van der Waals surface area (Å²) in [6.45, 7) is 9.22. The van der Waals surface area contributed by atoms with Crippen LogP contribution in [0, 0.1) is 0 Å². The summed E-state index contributed by atoms with van der Waals surface area (Å²) in [5.41, 5.74) is 0.897. The Labute approximate surface area is 112 Å². The van der Waals surface area contributed by atoms with E-state index < -0.39 is 5.60 Å². The molecule has 1 fully saturated rings. The lowest BCUT2D eigenvalue weighted by molar-refractivity contribution is -0.0160. The van der Waals surface area contributed by atoms with Gasteiger partial charge in [0.05, 0.1) is 5.60 Å². The van der Waals surface area contributed by atoms with Gasteiger partial charge in [0.2, 0.25) is 0 Å². The molecule has 0 spiro atoms. The van der Waals surface area contributed by atoms with Crippen molar-refractivity contribution in [2.75, 3.05) is 26.7 Å².